The zero-order valence-electron chi connectivity index (χ0n) is 16.1. The second-order valence-electron chi connectivity index (χ2n) is 6.46. The van der Waals surface area contributed by atoms with Crippen molar-refractivity contribution in [2.45, 2.75) is 26.7 Å². The number of fused-ring (bicyclic) bond motifs is 1. The first-order chi connectivity index (χ1) is 13.8. The summed E-state index contributed by atoms with van der Waals surface area (Å²) in [5.74, 6) is 2.06. The van der Waals surface area contributed by atoms with E-state index in [1.807, 2.05) is 66.7 Å². The number of para-hydroxylation sites is 3. The van der Waals surface area contributed by atoms with Crippen LogP contribution < -0.4 is 9.47 Å². The van der Waals surface area contributed by atoms with Crippen LogP contribution in [0, 0.1) is 0 Å². The van der Waals surface area contributed by atoms with Gasteiger partial charge in [0, 0.05) is 0 Å². The second kappa shape index (κ2) is 8.09. The van der Waals surface area contributed by atoms with E-state index in [9.17, 15) is 0 Å². The molecule has 28 heavy (non-hydrogen) atoms. The molecule has 0 fully saturated rings. The molecule has 0 spiro atoms. The third-order valence-electron chi connectivity index (χ3n) is 4.66. The zero-order chi connectivity index (χ0) is 19.3. The minimum atomic E-state index is 0.281. The molecule has 0 unspecified atom stereocenters. The number of ether oxygens (including phenoxy) is 2. The minimum Gasteiger partial charge on any atom is -0.438 e. The molecule has 0 radical (unpaired) electrons. The van der Waals surface area contributed by atoms with Crippen LogP contribution in [0.25, 0.3) is 10.9 Å². The molecule has 4 nitrogen and oxygen atoms in total. The van der Waals surface area contributed by atoms with Crippen LogP contribution in [0.3, 0.4) is 0 Å². The molecule has 0 amide bonds. The molecule has 140 valence electrons. The first-order valence-corrected chi connectivity index (χ1v) is 9.56. The third kappa shape index (κ3) is 3.67. The van der Waals surface area contributed by atoms with Crippen molar-refractivity contribution in [1.82, 2.24) is 9.97 Å². The van der Waals surface area contributed by atoms with Gasteiger partial charge in [0.25, 0.3) is 0 Å². The third-order valence-corrected chi connectivity index (χ3v) is 4.66. The second-order valence-corrected chi connectivity index (χ2v) is 6.46. The van der Waals surface area contributed by atoms with Crippen molar-refractivity contribution in [3.8, 4) is 23.4 Å². The maximum Gasteiger partial charge on any atom is 0.325 e. The smallest absolute Gasteiger partial charge is 0.325 e. The maximum atomic E-state index is 6.22. The molecule has 1 aromatic heterocycles. The van der Waals surface area contributed by atoms with Gasteiger partial charge in [-0.05, 0) is 48.2 Å². The standard InChI is InChI=1S/C24H22N2O2/c1-3-17-11-5-9-15-21(17)27-23-19-13-7-8-14-20(19)25-24(26-23)28-22-16-10-6-12-18(22)4-2/h5-16H,3-4H2,1-2H3. The summed E-state index contributed by atoms with van der Waals surface area (Å²) in [7, 11) is 0. The molecule has 4 rings (SSSR count). The molecule has 0 bridgehead atoms. The van der Waals surface area contributed by atoms with Crippen LogP contribution in [0.5, 0.6) is 23.4 Å². The predicted octanol–water partition coefficient (Wildman–Crippen LogP) is 6.34. The van der Waals surface area contributed by atoms with Gasteiger partial charge in [-0.15, -0.1) is 0 Å². The van der Waals surface area contributed by atoms with E-state index >= 15 is 0 Å². The average molecular weight is 370 g/mol. The molecule has 0 atom stereocenters. The summed E-state index contributed by atoms with van der Waals surface area (Å²) >= 11 is 0. The van der Waals surface area contributed by atoms with Crippen LogP contribution in [0.1, 0.15) is 25.0 Å². The highest BCUT2D eigenvalue weighted by molar-refractivity contribution is 5.84. The summed E-state index contributed by atoms with van der Waals surface area (Å²) in [4.78, 5) is 9.16. The zero-order valence-corrected chi connectivity index (χ0v) is 16.1. The van der Waals surface area contributed by atoms with E-state index in [4.69, 9.17) is 9.47 Å². The molecular weight excluding hydrogens is 348 g/mol. The first-order valence-electron chi connectivity index (χ1n) is 9.56. The lowest BCUT2D eigenvalue weighted by atomic mass is 10.1. The van der Waals surface area contributed by atoms with E-state index in [0.717, 1.165) is 46.4 Å². The summed E-state index contributed by atoms with van der Waals surface area (Å²) in [5, 5.41) is 0.851. The fourth-order valence-electron chi connectivity index (χ4n) is 3.14. The highest BCUT2D eigenvalue weighted by Gasteiger charge is 2.13. The molecule has 4 heteroatoms. The molecule has 3 aromatic carbocycles. The van der Waals surface area contributed by atoms with Crippen molar-refractivity contribution in [1.29, 1.82) is 0 Å². The summed E-state index contributed by atoms with van der Waals surface area (Å²) in [6.07, 6.45) is 1.75. The monoisotopic (exact) mass is 370 g/mol. The van der Waals surface area contributed by atoms with Crippen LogP contribution in [0.4, 0.5) is 0 Å². The van der Waals surface area contributed by atoms with Gasteiger partial charge in [0.1, 0.15) is 11.5 Å². The molecule has 1 heterocycles. The van der Waals surface area contributed by atoms with Crippen LogP contribution in [-0.4, -0.2) is 9.97 Å². The molecule has 0 saturated carbocycles. The Labute approximate surface area is 164 Å². The van der Waals surface area contributed by atoms with Crippen molar-refractivity contribution in [3.05, 3.63) is 83.9 Å². The summed E-state index contributed by atoms with van der Waals surface area (Å²) < 4.78 is 12.3. The van der Waals surface area contributed by atoms with Crippen molar-refractivity contribution < 1.29 is 9.47 Å². The van der Waals surface area contributed by atoms with Crippen molar-refractivity contribution in [2.75, 3.05) is 0 Å². The summed E-state index contributed by atoms with van der Waals surface area (Å²) in [6.45, 7) is 4.20. The van der Waals surface area contributed by atoms with Gasteiger partial charge in [0.15, 0.2) is 0 Å². The Morgan fingerprint density at radius 2 is 1.21 bits per heavy atom. The van der Waals surface area contributed by atoms with Crippen molar-refractivity contribution in [2.24, 2.45) is 0 Å². The fourth-order valence-corrected chi connectivity index (χ4v) is 3.14. The molecule has 0 aliphatic rings. The Morgan fingerprint density at radius 1 is 0.643 bits per heavy atom. The molecule has 0 saturated heterocycles. The van der Waals surface area contributed by atoms with Crippen molar-refractivity contribution >= 4 is 10.9 Å². The molecule has 0 aliphatic heterocycles. The number of aryl methyl sites for hydroxylation is 2. The van der Waals surface area contributed by atoms with Crippen LogP contribution in [-0.2, 0) is 12.8 Å². The van der Waals surface area contributed by atoms with Gasteiger partial charge in [-0.3, -0.25) is 0 Å². The van der Waals surface area contributed by atoms with Gasteiger partial charge in [-0.25, -0.2) is 0 Å². The van der Waals surface area contributed by atoms with E-state index in [2.05, 4.69) is 29.9 Å². The van der Waals surface area contributed by atoms with Crippen molar-refractivity contribution in [3.63, 3.8) is 0 Å². The number of nitrogens with zero attached hydrogens (tertiary/aromatic N) is 2. The Hall–Kier alpha value is -3.40. The van der Waals surface area contributed by atoms with E-state index in [0.29, 0.717) is 5.88 Å². The summed E-state index contributed by atoms with van der Waals surface area (Å²) in [5.41, 5.74) is 3.02. The number of hydrogen-bond donors (Lipinski definition) is 0. The Bertz CT molecular complexity index is 1110. The topological polar surface area (TPSA) is 44.2 Å². The highest BCUT2D eigenvalue weighted by atomic mass is 16.5. The highest BCUT2D eigenvalue weighted by Crippen LogP contribution is 2.32. The Kier molecular flexibility index (Phi) is 5.20. The Balaban J connectivity index is 1.77. The van der Waals surface area contributed by atoms with Crippen LogP contribution >= 0.6 is 0 Å². The molecule has 4 aromatic rings. The number of benzene rings is 3. The van der Waals surface area contributed by atoms with Gasteiger partial charge >= 0.3 is 6.01 Å². The lowest BCUT2D eigenvalue weighted by molar-refractivity contribution is 0.413. The summed E-state index contributed by atoms with van der Waals surface area (Å²) in [6, 6.07) is 24.0. The first kappa shape index (κ1) is 18.0. The van der Waals surface area contributed by atoms with Gasteiger partial charge in [-0.2, -0.15) is 9.97 Å². The lowest BCUT2D eigenvalue weighted by Crippen LogP contribution is -1.99. The van der Waals surface area contributed by atoms with E-state index in [-0.39, 0.29) is 6.01 Å². The number of hydrogen-bond acceptors (Lipinski definition) is 4. The largest absolute Gasteiger partial charge is 0.438 e. The van der Waals surface area contributed by atoms with Crippen LogP contribution in [0.15, 0.2) is 72.8 Å². The SMILES string of the molecule is CCc1ccccc1Oc1nc(Oc2ccccc2CC)c2ccccc2n1. The molecule has 0 aliphatic carbocycles. The van der Waals surface area contributed by atoms with Gasteiger partial charge in [-0.1, -0.05) is 62.4 Å². The van der Waals surface area contributed by atoms with E-state index in [1.54, 1.807) is 0 Å². The molecule has 0 N–H and O–H groups in total. The van der Waals surface area contributed by atoms with Gasteiger partial charge in [0.2, 0.25) is 5.88 Å². The fraction of sp³-hybridized carbons (Fsp3) is 0.167. The number of rotatable bonds is 6. The average Bonchev–Trinajstić information content (AvgIpc) is 2.74. The van der Waals surface area contributed by atoms with Crippen LogP contribution in [0.2, 0.25) is 0 Å². The molecular formula is C24H22N2O2. The lowest BCUT2D eigenvalue weighted by Gasteiger charge is -2.13. The quantitative estimate of drug-likeness (QED) is 0.397. The maximum absolute atomic E-state index is 6.22. The predicted molar refractivity (Wildman–Crippen MR) is 111 cm³/mol. The van der Waals surface area contributed by atoms with E-state index in [1.165, 1.54) is 0 Å². The van der Waals surface area contributed by atoms with E-state index < -0.39 is 0 Å². The van der Waals surface area contributed by atoms with Gasteiger partial charge < -0.3 is 9.47 Å². The van der Waals surface area contributed by atoms with Gasteiger partial charge in [0.05, 0.1) is 10.9 Å². The minimum absolute atomic E-state index is 0.281. The Morgan fingerprint density at radius 3 is 1.89 bits per heavy atom. The normalized spacial score (nSPS) is 10.8. The number of aromatic nitrogens is 2.